The highest BCUT2D eigenvalue weighted by Gasteiger charge is 2.25. The molecule has 0 spiro atoms. The number of hydrogen-bond acceptors (Lipinski definition) is 6. The molecule has 228 valence electrons. The zero-order valence-electron chi connectivity index (χ0n) is 25.5. The van der Waals surface area contributed by atoms with E-state index in [2.05, 4.69) is 28.0 Å². The Morgan fingerprint density at radius 1 is 1.23 bits per heavy atom. The van der Waals surface area contributed by atoms with Crippen LogP contribution in [0.15, 0.2) is 48.8 Å². The van der Waals surface area contributed by atoms with E-state index in [9.17, 15) is 18.8 Å². The number of ether oxygens (including phenoxy) is 1. The Morgan fingerprint density at radius 2 is 2.00 bits per heavy atom. The number of hydrogen-bond donors (Lipinski definition) is 1. The van der Waals surface area contributed by atoms with Crippen LogP contribution in [0.5, 0.6) is 0 Å². The zero-order valence-corrected chi connectivity index (χ0v) is 25.5. The maximum atomic E-state index is 13.4. The van der Waals surface area contributed by atoms with Crippen molar-refractivity contribution >= 4 is 23.7 Å². The van der Waals surface area contributed by atoms with Gasteiger partial charge < -0.3 is 15.0 Å². The lowest BCUT2D eigenvalue weighted by atomic mass is 9.92. The molecule has 0 saturated carbocycles. The van der Waals surface area contributed by atoms with Gasteiger partial charge in [0.05, 0.1) is 73.0 Å². The number of carbonyl (C=O) groups is 1. The Bertz CT molecular complexity index is 1590. The van der Waals surface area contributed by atoms with Gasteiger partial charge in [-0.25, -0.2) is 8.78 Å². The highest BCUT2D eigenvalue weighted by molar-refractivity contribution is 5.94. The number of pyridine rings is 1. The van der Waals surface area contributed by atoms with Gasteiger partial charge in [0.25, 0.3) is 12.3 Å². The van der Waals surface area contributed by atoms with Gasteiger partial charge >= 0.3 is 0 Å². The van der Waals surface area contributed by atoms with Gasteiger partial charge in [-0.3, -0.25) is 14.5 Å². The van der Waals surface area contributed by atoms with Crippen molar-refractivity contribution in [3.05, 3.63) is 87.3 Å². The molecule has 8 nitrogen and oxygen atoms in total. The first kappa shape index (κ1) is 33.1. The van der Waals surface area contributed by atoms with Crippen molar-refractivity contribution in [3.63, 3.8) is 0 Å². The Balaban J connectivity index is 0.00000121. The maximum Gasteiger partial charge on any atom is 0.267 e. The fourth-order valence-corrected chi connectivity index (χ4v) is 4.92. The van der Waals surface area contributed by atoms with E-state index in [1.165, 1.54) is 6.20 Å². The lowest BCUT2D eigenvalue weighted by Crippen LogP contribution is -2.37. The molecule has 4 heterocycles. The van der Waals surface area contributed by atoms with Gasteiger partial charge in [0.2, 0.25) is 0 Å². The summed E-state index contributed by atoms with van der Waals surface area (Å²) in [6.45, 7) is 16.4. The number of nitriles is 1. The minimum absolute atomic E-state index is 0.0440. The molecule has 2 aromatic heterocycles. The standard InChI is InChI=1S/C29H28F2N6O2.2C2H6/c1-3-26-21(9-23(13-33-26)36-6-7-37-27(15-36)25(14-35-37)28(30)31)8-18(2)12-34-29(38)19-4-5-20-16-39-17-22(11-32)24(20)10-19;2*1-2/h3-5,8-10,13-14,22,28H,2,6-7,12,15-17H2,1H3,(H,34,38);2*1-2H3/b21-8-,26-3+;;. The van der Waals surface area contributed by atoms with E-state index in [1.807, 2.05) is 63.8 Å². The highest BCUT2D eigenvalue weighted by atomic mass is 19.3. The third-order valence-corrected chi connectivity index (χ3v) is 7.03. The van der Waals surface area contributed by atoms with Crippen molar-refractivity contribution in [2.24, 2.45) is 0 Å². The summed E-state index contributed by atoms with van der Waals surface area (Å²) in [7, 11) is 0. The smallest absolute Gasteiger partial charge is 0.267 e. The average Bonchev–Trinajstić information content (AvgIpc) is 3.49. The number of aromatic nitrogens is 3. The van der Waals surface area contributed by atoms with Crippen LogP contribution in [0.25, 0.3) is 12.2 Å². The Hall–Kier alpha value is -4.36. The molecule has 1 amide bonds. The predicted molar refractivity (Wildman–Crippen MR) is 165 cm³/mol. The number of anilines is 1. The molecule has 0 saturated heterocycles. The molecule has 0 fully saturated rings. The van der Waals surface area contributed by atoms with Crippen molar-refractivity contribution in [2.45, 2.75) is 66.7 Å². The zero-order chi connectivity index (χ0) is 31.5. The molecule has 0 aliphatic carbocycles. The molecule has 10 heteroatoms. The van der Waals surface area contributed by atoms with Crippen LogP contribution >= 0.6 is 0 Å². The van der Waals surface area contributed by atoms with E-state index < -0.39 is 12.3 Å². The molecule has 1 N–H and O–H groups in total. The monoisotopic (exact) mass is 590 g/mol. The van der Waals surface area contributed by atoms with Gasteiger partial charge in [-0.1, -0.05) is 46.4 Å². The van der Waals surface area contributed by atoms with Gasteiger partial charge in [0.1, 0.15) is 0 Å². The molecule has 2 aliphatic rings. The van der Waals surface area contributed by atoms with Gasteiger partial charge in [-0.2, -0.15) is 10.4 Å². The number of nitrogens with zero attached hydrogens (tertiary/aromatic N) is 5. The molecule has 1 aromatic carbocycles. The molecule has 5 rings (SSSR count). The van der Waals surface area contributed by atoms with Crippen LogP contribution in [0.1, 0.15) is 79.7 Å². The first-order valence-electron chi connectivity index (χ1n) is 14.7. The highest BCUT2D eigenvalue weighted by Crippen LogP contribution is 2.28. The summed E-state index contributed by atoms with van der Waals surface area (Å²) in [6, 6.07) is 9.50. The van der Waals surface area contributed by atoms with Gasteiger partial charge in [0, 0.05) is 23.9 Å². The largest absolute Gasteiger partial charge is 0.375 e. The molecular weight excluding hydrogens is 550 g/mol. The summed E-state index contributed by atoms with van der Waals surface area (Å²) >= 11 is 0. The van der Waals surface area contributed by atoms with E-state index in [1.54, 1.807) is 23.0 Å². The normalized spacial score (nSPS) is 16.2. The van der Waals surface area contributed by atoms with Gasteiger partial charge in [-0.05, 0) is 47.9 Å². The molecule has 0 bridgehead atoms. The lowest BCUT2D eigenvalue weighted by molar-refractivity contribution is 0.0952. The average molecular weight is 591 g/mol. The number of rotatable bonds is 6. The van der Waals surface area contributed by atoms with E-state index in [0.29, 0.717) is 49.7 Å². The van der Waals surface area contributed by atoms with Gasteiger partial charge in [0.15, 0.2) is 0 Å². The van der Waals surface area contributed by atoms with Crippen molar-refractivity contribution in [2.75, 3.05) is 24.6 Å². The van der Waals surface area contributed by atoms with Crippen LogP contribution in [0, 0.1) is 11.3 Å². The Labute approximate surface area is 252 Å². The van der Waals surface area contributed by atoms with Crippen LogP contribution in [-0.2, 0) is 24.4 Å². The van der Waals surface area contributed by atoms with Gasteiger partial charge in [-0.15, -0.1) is 0 Å². The third kappa shape index (κ3) is 7.73. The van der Waals surface area contributed by atoms with Crippen LogP contribution in [-0.4, -0.2) is 40.4 Å². The second kappa shape index (κ2) is 15.8. The fourth-order valence-electron chi connectivity index (χ4n) is 4.92. The third-order valence-electron chi connectivity index (χ3n) is 7.03. The quantitative estimate of drug-likeness (QED) is 0.435. The number of carbonyl (C=O) groups excluding carboxylic acids is 1. The molecular formula is C33H40F2N6O2. The van der Waals surface area contributed by atoms with Crippen molar-refractivity contribution in [3.8, 4) is 6.07 Å². The number of benzene rings is 1. The van der Waals surface area contributed by atoms with Crippen LogP contribution < -0.4 is 20.8 Å². The lowest BCUT2D eigenvalue weighted by Gasteiger charge is -2.30. The summed E-state index contributed by atoms with van der Waals surface area (Å²) in [5.41, 5.74) is 4.16. The summed E-state index contributed by atoms with van der Waals surface area (Å²) in [4.78, 5) is 19.4. The SMILES string of the molecule is C=C(/C=c1/cc(N2CCn3ncc(C(F)F)c3C2)cn/c1=C/C)CNC(=O)c1ccc2c(c1)C(C#N)COC2.CC.CC. The second-order valence-corrected chi connectivity index (χ2v) is 9.54. The minimum Gasteiger partial charge on any atom is -0.375 e. The minimum atomic E-state index is -2.57. The Kier molecular flexibility index (Phi) is 12.1. The summed E-state index contributed by atoms with van der Waals surface area (Å²) < 4.78 is 33.9. The van der Waals surface area contributed by atoms with Crippen molar-refractivity contribution in [1.82, 2.24) is 20.1 Å². The first-order chi connectivity index (χ1) is 20.9. The number of nitrogens with one attached hydrogen (secondary N) is 1. The molecule has 1 unspecified atom stereocenters. The van der Waals surface area contributed by atoms with Crippen LogP contribution in [0.4, 0.5) is 14.5 Å². The van der Waals surface area contributed by atoms with Crippen LogP contribution in [0.3, 0.4) is 0 Å². The van der Waals surface area contributed by atoms with E-state index >= 15 is 0 Å². The molecule has 43 heavy (non-hydrogen) atoms. The summed E-state index contributed by atoms with van der Waals surface area (Å²) in [5, 5.41) is 18.0. The van der Waals surface area contributed by atoms with E-state index in [4.69, 9.17) is 4.74 Å². The van der Waals surface area contributed by atoms with Crippen molar-refractivity contribution in [1.29, 1.82) is 5.26 Å². The molecule has 2 aliphatic heterocycles. The predicted octanol–water partition coefficient (Wildman–Crippen LogP) is 4.99. The summed E-state index contributed by atoms with van der Waals surface area (Å²) in [6.07, 6.45) is 4.15. The molecule has 0 radical (unpaired) electrons. The maximum absolute atomic E-state index is 13.4. The summed E-state index contributed by atoms with van der Waals surface area (Å²) in [5.74, 6) is -0.653. The first-order valence-corrected chi connectivity index (χ1v) is 14.7. The topological polar surface area (TPSA) is 96.1 Å². The van der Waals surface area contributed by atoms with E-state index in [-0.39, 0.29) is 18.0 Å². The van der Waals surface area contributed by atoms with Crippen LogP contribution in [0.2, 0.25) is 0 Å². The number of halogens is 2. The number of fused-ring (bicyclic) bond motifs is 2. The second-order valence-electron chi connectivity index (χ2n) is 9.54. The number of alkyl halides is 2. The van der Waals surface area contributed by atoms with E-state index in [0.717, 1.165) is 27.4 Å². The number of amides is 1. The Morgan fingerprint density at radius 3 is 2.70 bits per heavy atom. The fraction of sp³-hybridized carbons (Fsp3) is 0.394. The van der Waals surface area contributed by atoms with Crippen molar-refractivity contribution < 1.29 is 18.3 Å². The molecule has 1 atom stereocenters. The molecule has 3 aromatic rings.